The number of pyridine rings is 1. The zero-order chi connectivity index (χ0) is 18.1. The van der Waals surface area contributed by atoms with Crippen LogP contribution in [0.3, 0.4) is 0 Å². The largest absolute Gasteiger partial charge is 0.378 e. The van der Waals surface area contributed by atoms with Gasteiger partial charge in [-0.3, -0.25) is 4.40 Å². The van der Waals surface area contributed by atoms with Crippen LogP contribution < -0.4 is 10.2 Å². The summed E-state index contributed by atoms with van der Waals surface area (Å²) in [5, 5.41) is 3.61. The predicted octanol–water partition coefficient (Wildman–Crippen LogP) is 3.97. The fraction of sp³-hybridized carbons (Fsp3) is 0.381. The molecule has 0 spiro atoms. The van der Waals surface area contributed by atoms with Gasteiger partial charge in [-0.15, -0.1) is 0 Å². The van der Waals surface area contributed by atoms with Gasteiger partial charge in [0, 0.05) is 44.7 Å². The van der Waals surface area contributed by atoms with Gasteiger partial charge in [-0.2, -0.15) is 0 Å². The fourth-order valence-corrected chi connectivity index (χ4v) is 3.51. The summed E-state index contributed by atoms with van der Waals surface area (Å²) in [7, 11) is 4.11. The van der Waals surface area contributed by atoms with E-state index >= 15 is 0 Å². The fourth-order valence-electron chi connectivity index (χ4n) is 3.51. The van der Waals surface area contributed by atoms with Crippen LogP contribution in [0, 0.1) is 6.92 Å². The van der Waals surface area contributed by atoms with E-state index in [0.29, 0.717) is 0 Å². The second-order valence-electron chi connectivity index (χ2n) is 7.15. The molecule has 3 heterocycles. The molecule has 1 atom stereocenters. The Morgan fingerprint density at radius 2 is 2.04 bits per heavy atom. The molecule has 1 aliphatic rings. The summed E-state index contributed by atoms with van der Waals surface area (Å²) in [5.41, 5.74) is 5.46. The molecule has 1 saturated heterocycles. The lowest BCUT2D eigenvalue weighted by Crippen LogP contribution is -2.19. The second-order valence-corrected chi connectivity index (χ2v) is 7.15. The van der Waals surface area contributed by atoms with Crippen LogP contribution in [0.2, 0.25) is 0 Å². The van der Waals surface area contributed by atoms with Crippen molar-refractivity contribution in [1.82, 2.24) is 9.38 Å². The van der Waals surface area contributed by atoms with Crippen molar-refractivity contribution in [1.29, 1.82) is 0 Å². The minimum atomic E-state index is 0.286. The first-order valence-corrected chi connectivity index (χ1v) is 9.24. The molecule has 0 aliphatic carbocycles. The van der Waals surface area contributed by atoms with Crippen molar-refractivity contribution in [3.05, 3.63) is 48.2 Å². The summed E-state index contributed by atoms with van der Waals surface area (Å²) < 4.78 is 7.93. The minimum Gasteiger partial charge on any atom is -0.378 e. The van der Waals surface area contributed by atoms with Crippen molar-refractivity contribution in [3.63, 3.8) is 0 Å². The Kier molecular flexibility index (Phi) is 4.55. The molecule has 1 unspecified atom stereocenters. The molecule has 1 N–H and O–H groups in total. The quantitative estimate of drug-likeness (QED) is 0.756. The van der Waals surface area contributed by atoms with Crippen molar-refractivity contribution in [2.24, 2.45) is 0 Å². The Morgan fingerprint density at radius 3 is 2.73 bits per heavy atom. The van der Waals surface area contributed by atoms with E-state index in [1.165, 1.54) is 11.3 Å². The van der Waals surface area contributed by atoms with Gasteiger partial charge in [-0.25, -0.2) is 4.98 Å². The van der Waals surface area contributed by atoms with Crippen molar-refractivity contribution >= 4 is 17.2 Å². The lowest BCUT2D eigenvalue weighted by atomic mass is 10.1. The summed E-state index contributed by atoms with van der Waals surface area (Å²) in [6, 6.07) is 12.7. The number of nitrogens with one attached hydrogen (secondary N) is 1. The van der Waals surface area contributed by atoms with Crippen LogP contribution in [-0.2, 0) is 4.74 Å². The van der Waals surface area contributed by atoms with Gasteiger partial charge >= 0.3 is 0 Å². The molecular formula is C21H26N4O. The smallest absolute Gasteiger partial charge is 0.142 e. The highest BCUT2D eigenvalue weighted by Crippen LogP contribution is 2.31. The van der Waals surface area contributed by atoms with Crippen LogP contribution in [0.5, 0.6) is 0 Å². The lowest BCUT2D eigenvalue weighted by molar-refractivity contribution is 0.120. The molecule has 0 amide bonds. The maximum atomic E-state index is 5.78. The molecule has 5 nitrogen and oxygen atoms in total. The summed E-state index contributed by atoms with van der Waals surface area (Å²) in [4.78, 5) is 7.05. The number of ether oxygens (including phenoxy) is 1. The number of anilines is 2. The molecule has 1 aliphatic heterocycles. The van der Waals surface area contributed by atoms with Crippen LogP contribution in [0.25, 0.3) is 16.9 Å². The Balaban J connectivity index is 1.74. The Hall–Kier alpha value is -2.53. The highest BCUT2D eigenvalue weighted by atomic mass is 16.5. The van der Waals surface area contributed by atoms with Gasteiger partial charge in [-0.1, -0.05) is 18.2 Å². The predicted molar refractivity (Wildman–Crippen MR) is 107 cm³/mol. The number of fused-ring (bicyclic) bond motifs is 1. The minimum absolute atomic E-state index is 0.286. The van der Waals surface area contributed by atoms with E-state index in [-0.39, 0.29) is 6.10 Å². The van der Waals surface area contributed by atoms with E-state index in [9.17, 15) is 0 Å². The van der Waals surface area contributed by atoms with E-state index < -0.39 is 0 Å². The number of benzene rings is 1. The lowest BCUT2D eigenvalue weighted by Gasteiger charge is -2.14. The average Bonchev–Trinajstić information content (AvgIpc) is 3.28. The van der Waals surface area contributed by atoms with Gasteiger partial charge in [0.25, 0.3) is 0 Å². The van der Waals surface area contributed by atoms with E-state index in [4.69, 9.17) is 9.72 Å². The molecule has 5 heteroatoms. The molecule has 0 radical (unpaired) electrons. The molecular weight excluding hydrogens is 324 g/mol. The van der Waals surface area contributed by atoms with E-state index in [1.54, 1.807) is 0 Å². The van der Waals surface area contributed by atoms with Gasteiger partial charge in [0.05, 0.1) is 6.10 Å². The van der Waals surface area contributed by atoms with Crippen LogP contribution in [-0.4, -0.2) is 42.7 Å². The maximum Gasteiger partial charge on any atom is 0.142 e. The van der Waals surface area contributed by atoms with E-state index in [2.05, 4.69) is 78.2 Å². The molecule has 4 rings (SSSR count). The molecule has 0 saturated carbocycles. The molecule has 1 aromatic carbocycles. The van der Waals surface area contributed by atoms with Gasteiger partial charge in [0.15, 0.2) is 0 Å². The standard InChI is InChI=1S/C21H26N4O/c1-15-6-4-12-25-20(15)23-19(16-8-10-17(11-9-16)24(2)3)21(25)22-14-18-7-5-13-26-18/h4,6,8-12,18,22H,5,7,13-14H2,1-3H3. The molecule has 3 aromatic rings. The van der Waals surface area contributed by atoms with Gasteiger partial charge < -0.3 is 15.0 Å². The first-order chi connectivity index (χ1) is 12.6. The molecule has 0 bridgehead atoms. The normalized spacial score (nSPS) is 17.0. The Labute approximate surface area is 154 Å². The van der Waals surface area contributed by atoms with Crippen molar-refractivity contribution in [3.8, 4) is 11.3 Å². The highest BCUT2D eigenvalue weighted by Gasteiger charge is 2.19. The van der Waals surface area contributed by atoms with Crippen LogP contribution in [0.4, 0.5) is 11.5 Å². The summed E-state index contributed by atoms with van der Waals surface area (Å²) in [6.07, 6.45) is 4.63. The Bertz CT molecular complexity index is 892. The maximum absolute atomic E-state index is 5.78. The number of nitrogens with zero attached hydrogens (tertiary/aromatic N) is 3. The summed E-state index contributed by atoms with van der Waals surface area (Å²) in [5.74, 6) is 1.04. The third-order valence-electron chi connectivity index (χ3n) is 5.02. The third kappa shape index (κ3) is 3.15. The van der Waals surface area contributed by atoms with Gasteiger partial charge in [0.2, 0.25) is 0 Å². The van der Waals surface area contributed by atoms with Gasteiger partial charge in [-0.05, 0) is 43.5 Å². The van der Waals surface area contributed by atoms with Crippen molar-refractivity contribution < 1.29 is 4.74 Å². The highest BCUT2D eigenvalue weighted by molar-refractivity contribution is 5.78. The van der Waals surface area contributed by atoms with Crippen molar-refractivity contribution in [2.75, 3.05) is 37.5 Å². The second kappa shape index (κ2) is 7.00. The molecule has 2 aromatic heterocycles. The zero-order valence-corrected chi connectivity index (χ0v) is 15.7. The third-order valence-corrected chi connectivity index (χ3v) is 5.02. The SMILES string of the molecule is Cc1cccn2c(NCC3CCCO3)c(-c3ccc(N(C)C)cc3)nc12. The van der Waals surface area contributed by atoms with Gasteiger partial charge in [0.1, 0.15) is 17.2 Å². The first kappa shape index (κ1) is 16.9. The monoisotopic (exact) mass is 350 g/mol. The number of hydrogen-bond donors (Lipinski definition) is 1. The number of imidazole rings is 1. The Morgan fingerprint density at radius 1 is 1.23 bits per heavy atom. The molecule has 1 fully saturated rings. The zero-order valence-electron chi connectivity index (χ0n) is 15.7. The van der Waals surface area contributed by atoms with Crippen LogP contribution >= 0.6 is 0 Å². The number of aromatic nitrogens is 2. The number of hydrogen-bond acceptors (Lipinski definition) is 4. The molecule has 136 valence electrons. The summed E-state index contributed by atoms with van der Waals surface area (Å²) in [6.45, 7) is 3.78. The van der Waals surface area contributed by atoms with E-state index in [1.807, 2.05) is 0 Å². The van der Waals surface area contributed by atoms with Crippen LogP contribution in [0.1, 0.15) is 18.4 Å². The topological polar surface area (TPSA) is 41.8 Å². The average molecular weight is 350 g/mol. The van der Waals surface area contributed by atoms with E-state index in [0.717, 1.165) is 48.7 Å². The molecule has 26 heavy (non-hydrogen) atoms. The first-order valence-electron chi connectivity index (χ1n) is 9.24. The number of aryl methyl sites for hydroxylation is 1. The van der Waals surface area contributed by atoms with Crippen LogP contribution in [0.15, 0.2) is 42.6 Å². The summed E-state index contributed by atoms with van der Waals surface area (Å²) >= 11 is 0. The number of rotatable bonds is 5. The van der Waals surface area contributed by atoms with Crippen molar-refractivity contribution in [2.45, 2.75) is 25.9 Å².